The van der Waals surface area contributed by atoms with Crippen molar-refractivity contribution in [3.8, 4) is 6.07 Å². The number of rotatable bonds is 4. The number of aliphatic carboxylic acids is 1. The van der Waals surface area contributed by atoms with Crippen molar-refractivity contribution in [3.63, 3.8) is 0 Å². The Morgan fingerprint density at radius 2 is 1.86 bits per heavy atom. The van der Waals surface area contributed by atoms with Crippen molar-refractivity contribution in [3.05, 3.63) is 41.3 Å². The molecule has 0 aromatic heterocycles. The number of sulfone groups is 1. The Bertz CT molecular complexity index is 722. The van der Waals surface area contributed by atoms with Gasteiger partial charge in [0, 0.05) is 24.7 Å². The van der Waals surface area contributed by atoms with Crippen LogP contribution in [0, 0.1) is 11.3 Å². The van der Waals surface area contributed by atoms with Gasteiger partial charge in [-0.15, -0.1) is 0 Å². The molecule has 2 rings (SSSR count). The molecule has 1 saturated heterocycles. The van der Waals surface area contributed by atoms with Gasteiger partial charge in [0.25, 0.3) is 0 Å². The number of nitriles is 1. The molecule has 0 atom stereocenters. The monoisotopic (exact) mass is 321 g/mol. The average molecular weight is 321 g/mol. The summed E-state index contributed by atoms with van der Waals surface area (Å²) in [6.07, 6.45) is 1.59. The summed E-state index contributed by atoms with van der Waals surface area (Å²) < 4.78 is 29.1. The lowest BCUT2D eigenvalue weighted by molar-refractivity contribution is -0.147. The van der Waals surface area contributed by atoms with E-state index in [1.54, 1.807) is 6.07 Å². The lowest BCUT2D eigenvalue weighted by atomic mass is 9.74. The van der Waals surface area contributed by atoms with Crippen LogP contribution in [0.2, 0.25) is 0 Å². The molecule has 0 aliphatic carbocycles. The van der Waals surface area contributed by atoms with Crippen molar-refractivity contribution in [2.45, 2.75) is 23.2 Å². The van der Waals surface area contributed by atoms with Crippen molar-refractivity contribution in [1.82, 2.24) is 0 Å². The maximum atomic E-state index is 11.9. The highest BCUT2D eigenvalue weighted by Gasteiger charge is 2.41. The fourth-order valence-electron chi connectivity index (χ4n) is 2.51. The van der Waals surface area contributed by atoms with Crippen molar-refractivity contribution >= 4 is 15.8 Å². The topological polar surface area (TPSA) is 104 Å². The quantitative estimate of drug-likeness (QED) is 0.845. The molecular weight excluding hydrogens is 306 g/mol. The van der Waals surface area contributed by atoms with Crippen LogP contribution in [-0.2, 0) is 24.8 Å². The van der Waals surface area contributed by atoms with Crippen LogP contribution in [0.4, 0.5) is 0 Å². The second-order valence-corrected chi connectivity index (χ2v) is 6.83. The van der Waals surface area contributed by atoms with Gasteiger partial charge in [-0.05, 0) is 30.5 Å². The van der Waals surface area contributed by atoms with Gasteiger partial charge in [-0.2, -0.15) is 5.26 Å². The summed E-state index contributed by atoms with van der Waals surface area (Å²) in [6.45, 7) is 0.717. The van der Waals surface area contributed by atoms with Gasteiger partial charge in [-0.25, -0.2) is 8.42 Å². The summed E-state index contributed by atoms with van der Waals surface area (Å²) in [4.78, 5) is 11.7. The van der Waals surface area contributed by atoms with Crippen LogP contribution in [0.5, 0.6) is 0 Å². The molecule has 0 amide bonds. The SMILES string of the molecule is N#CC=CS(=O)(=O)c1ccc(C2(C(=O)O)CCOCC2)cc1. The van der Waals surface area contributed by atoms with Gasteiger partial charge >= 0.3 is 5.97 Å². The third-order valence-corrected chi connectivity index (χ3v) is 5.24. The number of carboxylic acid groups (broad SMARTS) is 1. The fourth-order valence-corrected chi connectivity index (χ4v) is 3.42. The van der Waals surface area contributed by atoms with E-state index in [1.165, 1.54) is 24.3 Å². The van der Waals surface area contributed by atoms with Crippen molar-refractivity contribution in [2.75, 3.05) is 13.2 Å². The van der Waals surface area contributed by atoms with Gasteiger partial charge in [0.15, 0.2) is 0 Å². The van der Waals surface area contributed by atoms with E-state index < -0.39 is 21.2 Å². The molecule has 0 unspecified atom stereocenters. The molecule has 0 saturated carbocycles. The van der Waals surface area contributed by atoms with Gasteiger partial charge in [-0.3, -0.25) is 4.79 Å². The smallest absolute Gasteiger partial charge is 0.314 e. The van der Waals surface area contributed by atoms with Crippen molar-refractivity contribution in [1.29, 1.82) is 5.26 Å². The second-order valence-electron chi connectivity index (χ2n) is 5.00. The van der Waals surface area contributed by atoms with Crippen molar-refractivity contribution in [2.24, 2.45) is 0 Å². The highest BCUT2D eigenvalue weighted by atomic mass is 32.2. The zero-order valence-electron chi connectivity index (χ0n) is 11.7. The van der Waals surface area contributed by atoms with E-state index in [0.717, 1.165) is 11.5 Å². The largest absolute Gasteiger partial charge is 0.481 e. The normalized spacial score (nSPS) is 18.0. The zero-order valence-corrected chi connectivity index (χ0v) is 12.5. The minimum Gasteiger partial charge on any atom is -0.481 e. The molecule has 1 aliphatic rings. The third kappa shape index (κ3) is 3.03. The molecule has 22 heavy (non-hydrogen) atoms. The second kappa shape index (κ2) is 6.30. The first-order valence-electron chi connectivity index (χ1n) is 6.65. The van der Waals surface area contributed by atoms with Crippen molar-refractivity contribution < 1.29 is 23.1 Å². The minimum atomic E-state index is -3.69. The van der Waals surface area contributed by atoms with Crippen LogP contribution in [-0.4, -0.2) is 32.7 Å². The summed E-state index contributed by atoms with van der Waals surface area (Å²) in [5.41, 5.74) is -0.477. The van der Waals surface area contributed by atoms with Crippen LogP contribution in [0.25, 0.3) is 0 Å². The van der Waals surface area contributed by atoms with E-state index in [4.69, 9.17) is 10.00 Å². The van der Waals surface area contributed by atoms with Crippen LogP contribution in [0.3, 0.4) is 0 Å². The fraction of sp³-hybridized carbons (Fsp3) is 0.333. The van der Waals surface area contributed by atoms with Gasteiger partial charge in [0.1, 0.15) is 0 Å². The number of hydrogen-bond donors (Lipinski definition) is 1. The van der Waals surface area contributed by atoms with Crippen LogP contribution in [0.15, 0.2) is 40.6 Å². The Hall–Kier alpha value is -2.17. The van der Waals surface area contributed by atoms with Gasteiger partial charge in [-0.1, -0.05) is 12.1 Å². The van der Waals surface area contributed by atoms with Gasteiger partial charge in [0.2, 0.25) is 9.84 Å². The molecule has 0 radical (unpaired) electrons. The molecule has 0 bridgehead atoms. The van der Waals surface area contributed by atoms with E-state index in [1.807, 2.05) is 0 Å². The maximum absolute atomic E-state index is 11.9. The first-order valence-corrected chi connectivity index (χ1v) is 8.20. The van der Waals surface area contributed by atoms with Crippen LogP contribution >= 0.6 is 0 Å². The molecule has 1 aromatic rings. The Labute approximate surface area is 128 Å². The Morgan fingerprint density at radius 1 is 1.27 bits per heavy atom. The predicted molar refractivity (Wildman–Crippen MR) is 77.7 cm³/mol. The predicted octanol–water partition coefficient (Wildman–Crippen LogP) is 1.63. The summed E-state index contributed by atoms with van der Waals surface area (Å²) in [7, 11) is -3.69. The summed E-state index contributed by atoms with van der Waals surface area (Å²) in [5.74, 6) is -0.934. The molecule has 1 aromatic carbocycles. The zero-order chi connectivity index (χ0) is 16.2. The first-order chi connectivity index (χ1) is 10.4. The highest BCUT2D eigenvalue weighted by molar-refractivity contribution is 7.94. The van der Waals surface area contributed by atoms with Crippen LogP contribution in [0.1, 0.15) is 18.4 Å². The Morgan fingerprint density at radius 3 is 2.36 bits per heavy atom. The summed E-state index contributed by atoms with van der Waals surface area (Å²) >= 11 is 0. The van der Waals surface area contributed by atoms with Crippen LogP contribution < -0.4 is 0 Å². The standard InChI is InChI=1S/C15H15NO5S/c16-8-1-11-22(19,20)13-4-2-12(3-5-13)15(14(17)18)6-9-21-10-7-15/h1-5,11H,6-7,9-10H2,(H,17,18). The third-order valence-electron chi connectivity index (χ3n) is 3.81. The lowest BCUT2D eigenvalue weighted by Crippen LogP contribution is -2.41. The molecule has 1 heterocycles. The number of carbonyl (C=O) groups is 1. The molecule has 1 N–H and O–H groups in total. The molecule has 6 nitrogen and oxygen atoms in total. The summed E-state index contributed by atoms with van der Waals surface area (Å²) in [5, 5.41) is 18.8. The molecule has 0 spiro atoms. The molecular formula is C15H15NO5S. The minimum absolute atomic E-state index is 0.0235. The molecule has 1 aliphatic heterocycles. The molecule has 1 fully saturated rings. The van der Waals surface area contributed by atoms with E-state index >= 15 is 0 Å². The summed E-state index contributed by atoms with van der Waals surface area (Å²) in [6, 6.07) is 7.40. The van der Waals surface area contributed by atoms with E-state index in [0.29, 0.717) is 31.6 Å². The lowest BCUT2D eigenvalue weighted by Gasteiger charge is -2.33. The number of carboxylic acids is 1. The van der Waals surface area contributed by atoms with E-state index in [9.17, 15) is 18.3 Å². The maximum Gasteiger partial charge on any atom is 0.314 e. The number of nitrogens with zero attached hydrogens (tertiary/aromatic N) is 1. The number of ether oxygens (including phenoxy) is 1. The number of allylic oxidation sites excluding steroid dienone is 1. The van der Waals surface area contributed by atoms with Gasteiger partial charge in [0.05, 0.1) is 16.4 Å². The first kappa shape index (κ1) is 16.2. The highest BCUT2D eigenvalue weighted by Crippen LogP contribution is 2.35. The number of benzene rings is 1. The average Bonchev–Trinajstić information content (AvgIpc) is 2.53. The Kier molecular flexibility index (Phi) is 4.64. The Balaban J connectivity index is 2.38. The van der Waals surface area contributed by atoms with E-state index in [2.05, 4.69) is 0 Å². The molecule has 116 valence electrons. The van der Waals surface area contributed by atoms with Gasteiger partial charge < -0.3 is 9.84 Å². The number of hydrogen-bond acceptors (Lipinski definition) is 5. The molecule has 7 heteroatoms. The van der Waals surface area contributed by atoms with E-state index in [-0.39, 0.29) is 4.90 Å².